The average Bonchev–Trinajstić information content (AvgIpc) is 3.11. The molecule has 1 saturated carbocycles. The van der Waals surface area contributed by atoms with Crippen LogP contribution >= 0.6 is 0 Å². The molecule has 1 aromatic carbocycles. The quantitative estimate of drug-likeness (QED) is 0.834. The Morgan fingerprint density at radius 2 is 1.96 bits per heavy atom. The van der Waals surface area contributed by atoms with E-state index in [9.17, 15) is 14.0 Å². The highest BCUT2D eigenvalue weighted by Gasteiger charge is 2.57. The molecule has 2 saturated heterocycles. The van der Waals surface area contributed by atoms with E-state index in [1.54, 1.807) is 4.90 Å². The zero-order valence-electron chi connectivity index (χ0n) is 14.0. The largest absolute Gasteiger partial charge is 0.345 e. The Kier molecular flexibility index (Phi) is 3.62. The van der Waals surface area contributed by atoms with Gasteiger partial charge in [-0.25, -0.2) is 4.39 Å². The Morgan fingerprint density at radius 1 is 1.25 bits per heavy atom. The normalized spacial score (nSPS) is 35.6. The molecular weight excluding hydrogens is 307 g/mol. The van der Waals surface area contributed by atoms with Gasteiger partial charge in [0.15, 0.2) is 0 Å². The van der Waals surface area contributed by atoms with E-state index in [1.807, 2.05) is 30.1 Å². The maximum Gasteiger partial charge on any atom is 0.231 e. The SMILES string of the molecule is CN1C[C@@H](c2ccccc2)[C@@]2(CCN(C(=O)C3CC(F)C3)C2)C1=O. The third-order valence-corrected chi connectivity index (χ3v) is 6.14. The van der Waals surface area contributed by atoms with Crippen molar-refractivity contribution < 1.29 is 14.0 Å². The van der Waals surface area contributed by atoms with Gasteiger partial charge in [-0.1, -0.05) is 30.3 Å². The van der Waals surface area contributed by atoms with Crippen LogP contribution in [0.3, 0.4) is 0 Å². The van der Waals surface area contributed by atoms with E-state index in [2.05, 4.69) is 12.1 Å². The molecule has 1 aromatic rings. The molecule has 4 nitrogen and oxygen atoms in total. The van der Waals surface area contributed by atoms with Gasteiger partial charge in [0.05, 0.1) is 5.41 Å². The summed E-state index contributed by atoms with van der Waals surface area (Å²) in [5.41, 5.74) is 0.655. The number of carbonyl (C=O) groups excluding carboxylic acids is 2. The molecule has 2 aliphatic heterocycles. The maximum atomic E-state index is 13.1. The number of rotatable bonds is 2. The second kappa shape index (κ2) is 5.57. The van der Waals surface area contributed by atoms with E-state index in [-0.39, 0.29) is 23.7 Å². The number of alkyl halides is 1. The van der Waals surface area contributed by atoms with Crippen LogP contribution in [0.1, 0.15) is 30.7 Å². The highest BCUT2D eigenvalue weighted by Crippen LogP contribution is 2.50. The molecule has 2 atom stereocenters. The monoisotopic (exact) mass is 330 g/mol. The molecule has 0 N–H and O–H groups in total. The van der Waals surface area contributed by atoms with Crippen LogP contribution in [-0.4, -0.2) is 54.5 Å². The molecule has 2 amide bonds. The second-order valence-electron chi connectivity index (χ2n) is 7.58. The van der Waals surface area contributed by atoms with Gasteiger partial charge < -0.3 is 9.80 Å². The molecule has 0 unspecified atom stereocenters. The lowest BCUT2D eigenvalue weighted by Gasteiger charge is -2.33. The van der Waals surface area contributed by atoms with Gasteiger partial charge in [-0.05, 0) is 24.8 Å². The van der Waals surface area contributed by atoms with E-state index in [1.165, 1.54) is 0 Å². The van der Waals surface area contributed by atoms with Gasteiger partial charge in [0, 0.05) is 38.5 Å². The zero-order chi connectivity index (χ0) is 16.9. The van der Waals surface area contributed by atoms with Crippen LogP contribution < -0.4 is 0 Å². The summed E-state index contributed by atoms with van der Waals surface area (Å²) in [6.45, 7) is 1.78. The predicted molar refractivity (Wildman–Crippen MR) is 88.1 cm³/mol. The molecule has 0 aromatic heterocycles. The first kappa shape index (κ1) is 15.6. The summed E-state index contributed by atoms with van der Waals surface area (Å²) in [6.07, 6.45) is 0.566. The van der Waals surface area contributed by atoms with Crippen molar-refractivity contribution in [2.45, 2.75) is 31.4 Å². The minimum atomic E-state index is -0.827. The first-order valence-corrected chi connectivity index (χ1v) is 8.74. The third kappa shape index (κ3) is 2.25. The van der Waals surface area contributed by atoms with Gasteiger partial charge >= 0.3 is 0 Å². The van der Waals surface area contributed by atoms with Crippen molar-refractivity contribution in [2.24, 2.45) is 11.3 Å². The number of hydrogen-bond acceptors (Lipinski definition) is 2. The van der Waals surface area contributed by atoms with Crippen molar-refractivity contribution in [2.75, 3.05) is 26.7 Å². The molecule has 2 heterocycles. The summed E-state index contributed by atoms with van der Waals surface area (Å²) in [5, 5.41) is 0. The van der Waals surface area contributed by atoms with Crippen LogP contribution in [-0.2, 0) is 9.59 Å². The summed E-state index contributed by atoms with van der Waals surface area (Å²) in [6, 6.07) is 10.1. The van der Waals surface area contributed by atoms with Gasteiger partial charge in [-0.3, -0.25) is 9.59 Å². The van der Waals surface area contributed by atoms with Crippen molar-refractivity contribution in [3.63, 3.8) is 0 Å². The van der Waals surface area contributed by atoms with Gasteiger partial charge in [0.2, 0.25) is 11.8 Å². The molecule has 1 aliphatic carbocycles. The number of benzene rings is 1. The van der Waals surface area contributed by atoms with Crippen LogP contribution in [0, 0.1) is 11.3 Å². The predicted octanol–water partition coefficient (Wildman–Crippen LogP) is 2.21. The molecule has 0 bridgehead atoms. The number of likely N-dealkylation sites (tertiary alicyclic amines) is 2. The highest BCUT2D eigenvalue weighted by molar-refractivity contribution is 5.89. The summed E-state index contributed by atoms with van der Waals surface area (Å²) in [5.74, 6) is 0.113. The molecule has 3 fully saturated rings. The Morgan fingerprint density at radius 3 is 2.62 bits per heavy atom. The molecule has 0 radical (unpaired) electrons. The first-order chi connectivity index (χ1) is 11.5. The van der Waals surface area contributed by atoms with Crippen molar-refractivity contribution in [3.8, 4) is 0 Å². The van der Waals surface area contributed by atoms with Crippen LogP contribution in [0.5, 0.6) is 0 Å². The van der Waals surface area contributed by atoms with E-state index in [0.29, 0.717) is 38.9 Å². The lowest BCUT2D eigenvalue weighted by Crippen LogP contribution is -2.44. The maximum absolute atomic E-state index is 13.1. The molecular formula is C19H23FN2O2. The lowest BCUT2D eigenvalue weighted by atomic mass is 9.73. The van der Waals surface area contributed by atoms with Crippen LogP contribution in [0.4, 0.5) is 4.39 Å². The van der Waals surface area contributed by atoms with Gasteiger partial charge in [-0.2, -0.15) is 0 Å². The smallest absolute Gasteiger partial charge is 0.231 e. The standard InChI is InChI=1S/C19H23FN2O2/c1-21-11-16(13-5-3-2-4-6-13)19(18(21)24)7-8-22(12-19)17(23)14-9-15(20)10-14/h2-6,14-16H,7-12H2,1H3/t14?,15?,16-,19-/m0/s1. The summed E-state index contributed by atoms with van der Waals surface area (Å²) in [4.78, 5) is 29.1. The number of likely N-dealkylation sites (N-methyl/N-ethyl adjacent to an activating group) is 1. The molecule has 128 valence electrons. The highest BCUT2D eigenvalue weighted by atomic mass is 19.1. The Hall–Kier alpha value is -1.91. The van der Waals surface area contributed by atoms with E-state index in [4.69, 9.17) is 0 Å². The van der Waals surface area contributed by atoms with Crippen LogP contribution in [0.25, 0.3) is 0 Å². The van der Waals surface area contributed by atoms with Crippen molar-refractivity contribution in [3.05, 3.63) is 35.9 Å². The molecule has 4 rings (SSSR count). The minimum absolute atomic E-state index is 0.0370. The lowest BCUT2D eigenvalue weighted by molar-refractivity contribution is -0.140. The second-order valence-corrected chi connectivity index (χ2v) is 7.58. The first-order valence-electron chi connectivity index (χ1n) is 8.74. The fourth-order valence-corrected chi connectivity index (χ4v) is 4.66. The number of nitrogens with zero attached hydrogens (tertiary/aromatic N) is 2. The zero-order valence-corrected chi connectivity index (χ0v) is 14.0. The van der Waals surface area contributed by atoms with E-state index in [0.717, 1.165) is 5.56 Å². The Balaban J connectivity index is 1.58. The van der Waals surface area contributed by atoms with Gasteiger partial charge in [-0.15, -0.1) is 0 Å². The molecule has 5 heteroatoms. The van der Waals surface area contributed by atoms with Gasteiger partial charge in [0.1, 0.15) is 6.17 Å². The fraction of sp³-hybridized carbons (Fsp3) is 0.579. The topological polar surface area (TPSA) is 40.6 Å². The number of halogens is 1. The number of carbonyl (C=O) groups is 2. The number of hydrogen-bond donors (Lipinski definition) is 0. The van der Waals surface area contributed by atoms with E-state index < -0.39 is 11.6 Å². The van der Waals surface area contributed by atoms with E-state index >= 15 is 0 Å². The summed E-state index contributed by atoms with van der Waals surface area (Å²) < 4.78 is 13.1. The average molecular weight is 330 g/mol. The third-order valence-electron chi connectivity index (χ3n) is 6.14. The van der Waals surface area contributed by atoms with Crippen LogP contribution in [0.15, 0.2) is 30.3 Å². The summed E-state index contributed by atoms with van der Waals surface area (Å²) in [7, 11) is 1.84. The van der Waals surface area contributed by atoms with Crippen molar-refractivity contribution in [1.82, 2.24) is 9.80 Å². The van der Waals surface area contributed by atoms with Crippen molar-refractivity contribution in [1.29, 1.82) is 0 Å². The minimum Gasteiger partial charge on any atom is -0.345 e. The Bertz CT molecular complexity index is 659. The number of amides is 2. The molecule has 3 aliphatic rings. The van der Waals surface area contributed by atoms with Crippen LogP contribution in [0.2, 0.25) is 0 Å². The fourth-order valence-electron chi connectivity index (χ4n) is 4.66. The Labute approximate surface area is 141 Å². The molecule has 24 heavy (non-hydrogen) atoms. The van der Waals surface area contributed by atoms with Gasteiger partial charge in [0.25, 0.3) is 0 Å². The molecule has 1 spiro atoms. The van der Waals surface area contributed by atoms with Crippen molar-refractivity contribution >= 4 is 11.8 Å². The summed E-state index contributed by atoms with van der Waals surface area (Å²) >= 11 is 0.